The summed E-state index contributed by atoms with van der Waals surface area (Å²) in [5.74, 6) is 0.152. The van der Waals surface area contributed by atoms with Crippen molar-refractivity contribution >= 4 is 22.9 Å². The van der Waals surface area contributed by atoms with Crippen LogP contribution in [0.3, 0.4) is 0 Å². The number of para-hydroxylation sites is 1. The molecule has 23 heavy (non-hydrogen) atoms. The smallest absolute Gasteiger partial charge is 0.222 e. The molecule has 0 saturated heterocycles. The Balaban J connectivity index is 2.21. The second-order valence-corrected chi connectivity index (χ2v) is 6.49. The van der Waals surface area contributed by atoms with Gasteiger partial charge in [-0.3, -0.25) is 0 Å². The molecule has 4 rings (SSSR count). The topological polar surface area (TPSA) is 20.3 Å². The van der Waals surface area contributed by atoms with Crippen LogP contribution < -0.4 is 4.59 Å². The number of rotatable bonds is 2. The second-order valence-electron chi connectivity index (χ2n) is 6.49. The number of allylic oxidation sites excluding steroid dienone is 1. The normalized spacial score (nSPS) is 21.7. The van der Waals surface area contributed by atoms with Crippen molar-refractivity contribution in [3.63, 3.8) is 0 Å². The number of quaternary nitrogens is 1. The molecule has 2 aliphatic heterocycles. The molecule has 0 saturated carbocycles. The number of nitrogens with zero attached hydrogens (tertiary/aromatic N) is 2. The Bertz CT molecular complexity index is 879. The van der Waals surface area contributed by atoms with Gasteiger partial charge in [0.2, 0.25) is 0 Å². The average Bonchev–Trinajstić information content (AvgIpc) is 2.99. The molecule has 0 fully saturated rings. The Morgan fingerprint density at radius 2 is 1.61 bits per heavy atom. The summed E-state index contributed by atoms with van der Waals surface area (Å²) in [6.07, 6.45) is 0.918. The van der Waals surface area contributed by atoms with Crippen LogP contribution >= 0.6 is 0 Å². The minimum atomic E-state index is 0.152. The molecule has 2 aromatic carbocycles. The zero-order chi connectivity index (χ0) is 16.4. The van der Waals surface area contributed by atoms with Crippen LogP contribution in [0, 0.1) is 6.92 Å². The van der Waals surface area contributed by atoms with Crippen molar-refractivity contribution in [3.8, 4) is 0 Å². The first kappa shape index (κ1) is 14.4. The van der Waals surface area contributed by atoms with Gasteiger partial charge in [0.05, 0.1) is 11.1 Å². The van der Waals surface area contributed by atoms with Crippen molar-refractivity contribution in [2.45, 2.75) is 20.3 Å². The Kier molecular flexibility index (Phi) is 2.89. The van der Waals surface area contributed by atoms with Crippen molar-refractivity contribution in [1.29, 1.82) is 0 Å². The van der Waals surface area contributed by atoms with E-state index in [1.807, 2.05) is 37.3 Å². The highest BCUT2D eigenvalue weighted by atomic mass is 16.2. The summed E-state index contributed by atoms with van der Waals surface area (Å²) in [5, 5.41) is 2.05. The molecule has 2 heterocycles. The van der Waals surface area contributed by atoms with Crippen LogP contribution in [-0.2, 0) is 0 Å². The molecular weight excluding hydrogens is 284 g/mol. The summed E-state index contributed by atoms with van der Waals surface area (Å²) >= 11 is 0. The predicted molar refractivity (Wildman–Crippen MR) is 94.5 cm³/mol. The second kappa shape index (κ2) is 4.63. The third-order valence-corrected chi connectivity index (χ3v) is 5.16. The summed E-state index contributed by atoms with van der Waals surface area (Å²) in [5.41, 5.74) is 7.84. The van der Waals surface area contributed by atoms with Crippen molar-refractivity contribution in [2.24, 2.45) is 0 Å². The molecule has 3 heteroatoms. The minimum Gasteiger partial charge on any atom is -0.222 e. The highest BCUT2D eigenvalue weighted by Crippen LogP contribution is 2.57. The van der Waals surface area contributed by atoms with E-state index in [4.69, 9.17) is 0 Å². The first-order valence-corrected chi connectivity index (χ1v) is 8.10. The zero-order valence-corrected chi connectivity index (χ0v) is 14.1. The molecule has 2 aliphatic rings. The zero-order valence-electron chi connectivity index (χ0n) is 14.1. The molecule has 2 aromatic rings. The van der Waals surface area contributed by atoms with Crippen molar-refractivity contribution < 1.29 is 4.79 Å². The van der Waals surface area contributed by atoms with Crippen LogP contribution in [0.15, 0.2) is 42.5 Å². The van der Waals surface area contributed by atoms with Gasteiger partial charge < -0.3 is 0 Å². The van der Waals surface area contributed by atoms with E-state index in [0.717, 1.165) is 28.9 Å². The number of hydrogen-bond donors (Lipinski definition) is 0. The van der Waals surface area contributed by atoms with E-state index in [2.05, 4.69) is 38.1 Å². The van der Waals surface area contributed by atoms with Crippen molar-refractivity contribution in [1.82, 2.24) is 9.60 Å². The number of carbonyl (C=O) groups excluding carboxylic acids is 1. The molecule has 0 aliphatic carbocycles. The summed E-state index contributed by atoms with van der Waals surface area (Å²) < 4.78 is 0.199. The fourth-order valence-electron chi connectivity index (χ4n) is 4.30. The molecule has 0 N–H and O–H groups in total. The quantitative estimate of drug-likeness (QED) is 0.774. The maximum Gasteiger partial charge on any atom is 0.376 e. The van der Waals surface area contributed by atoms with Crippen LogP contribution in [0.1, 0.15) is 40.4 Å². The van der Waals surface area contributed by atoms with Gasteiger partial charge >= 0.3 is 5.91 Å². The van der Waals surface area contributed by atoms with E-state index < -0.39 is 0 Å². The maximum absolute atomic E-state index is 13.5. The van der Waals surface area contributed by atoms with Gasteiger partial charge in [0, 0.05) is 30.8 Å². The molecule has 3 nitrogen and oxygen atoms in total. The number of hydrogen-bond acceptors (Lipinski definition) is 2. The Morgan fingerprint density at radius 3 is 2.26 bits per heavy atom. The molecule has 0 spiro atoms. The molecule has 0 radical (unpaired) electrons. The summed E-state index contributed by atoms with van der Waals surface area (Å²) in [6, 6.07) is 14.4. The highest BCUT2D eigenvalue weighted by Gasteiger charge is 2.61. The molecule has 1 unspecified atom stereocenters. The Hall–Kier alpha value is -2.23. The molecular formula is C20H21N2O+. The summed E-state index contributed by atoms with van der Waals surface area (Å²) in [6.45, 7) is 4.28. The fraction of sp³-hybridized carbons (Fsp3) is 0.250. The van der Waals surface area contributed by atoms with E-state index in [0.29, 0.717) is 0 Å². The van der Waals surface area contributed by atoms with Gasteiger partial charge in [0.15, 0.2) is 11.4 Å². The monoisotopic (exact) mass is 305 g/mol. The van der Waals surface area contributed by atoms with E-state index >= 15 is 0 Å². The predicted octanol–water partition coefficient (Wildman–Crippen LogP) is 4.22. The largest absolute Gasteiger partial charge is 0.376 e. The van der Waals surface area contributed by atoms with Gasteiger partial charge in [0.1, 0.15) is 0 Å². The third kappa shape index (κ3) is 1.49. The third-order valence-electron chi connectivity index (χ3n) is 5.16. The van der Waals surface area contributed by atoms with Crippen LogP contribution in [0.4, 0.5) is 5.69 Å². The van der Waals surface area contributed by atoms with E-state index in [9.17, 15) is 4.79 Å². The molecule has 0 aromatic heterocycles. The number of fused-ring (bicyclic) bond motifs is 5. The summed E-state index contributed by atoms with van der Waals surface area (Å²) in [4.78, 5) is 13.5. The summed E-state index contributed by atoms with van der Waals surface area (Å²) in [7, 11) is 4.00. The lowest BCUT2D eigenvalue weighted by Crippen LogP contribution is -2.57. The van der Waals surface area contributed by atoms with Gasteiger partial charge in [-0.2, -0.15) is 0 Å². The molecule has 1 amide bonds. The lowest BCUT2D eigenvalue weighted by Gasteiger charge is -2.35. The first-order valence-electron chi connectivity index (χ1n) is 8.10. The minimum absolute atomic E-state index is 0.152. The standard InChI is InChI=1S/C20H21N2O/c1-5-14-15-12-8-9-13(2)18(15)22(21(3)4)19(14)16-10-6-7-11-17(16)20(22)23/h6-12H,5H2,1-4H3/q+1. The van der Waals surface area contributed by atoms with E-state index in [1.54, 1.807) is 0 Å². The van der Waals surface area contributed by atoms with Gasteiger partial charge in [-0.1, -0.05) is 31.2 Å². The van der Waals surface area contributed by atoms with Gasteiger partial charge in [-0.05, 0) is 31.5 Å². The number of aryl methyl sites for hydroxylation is 1. The van der Waals surface area contributed by atoms with Crippen LogP contribution in [0.5, 0.6) is 0 Å². The van der Waals surface area contributed by atoms with Crippen LogP contribution in [0.2, 0.25) is 0 Å². The Morgan fingerprint density at radius 1 is 0.957 bits per heavy atom. The van der Waals surface area contributed by atoms with E-state index in [-0.39, 0.29) is 10.5 Å². The molecule has 0 bridgehead atoms. The Labute approximate surface area is 137 Å². The molecule has 116 valence electrons. The molecule has 1 atom stereocenters. The highest BCUT2D eigenvalue weighted by molar-refractivity contribution is 6.25. The van der Waals surface area contributed by atoms with Crippen LogP contribution in [0.25, 0.3) is 11.3 Å². The van der Waals surface area contributed by atoms with Crippen molar-refractivity contribution in [2.75, 3.05) is 14.1 Å². The van der Waals surface area contributed by atoms with Gasteiger partial charge in [-0.25, -0.2) is 4.79 Å². The maximum atomic E-state index is 13.5. The number of amides is 1. The van der Waals surface area contributed by atoms with Gasteiger partial charge in [-0.15, -0.1) is 9.60 Å². The fourth-order valence-corrected chi connectivity index (χ4v) is 4.30. The number of carbonyl (C=O) groups is 1. The van der Waals surface area contributed by atoms with Gasteiger partial charge in [0.25, 0.3) is 0 Å². The first-order chi connectivity index (χ1) is 11.0. The average molecular weight is 305 g/mol. The number of benzene rings is 2. The lowest BCUT2D eigenvalue weighted by molar-refractivity contribution is 0.0544. The lowest BCUT2D eigenvalue weighted by atomic mass is 9.97. The van der Waals surface area contributed by atoms with Crippen LogP contribution in [-0.4, -0.2) is 25.0 Å². The van der Waals surface area contributed by atoms with Crippen molar-refractivity contribution in [3.05, 3.63) is 64.7 Å². The SMILES string of the molecule is CCC1=C2c3ccccc3C(=O)[N+]2(N(C)C)c2c(C)cccc21. The van der Waals surface area contributed by atoms with E-state index in [1.165, 1.54) is 16.7 Å².